The van der Waals surface area contributed by atoms with Crippen molar-refractivity contribution < 1.29 is 5.11 Å². The third-order valence-electron chi connectivity index (χ3n) is 3.93. The van der Waals surface area contributed by atoms with E-state index in [4.69, 9.17) is 0 Å². The van der Waals surface area contributed by atoms with Crippen molar-refractivity contribution in [1.29, 1.82) is 0 Å². The van der Waals surface area contributed by atoms with E-state index in [1.807, 2.05) is 19.1 Å². The van der Waals surface area contributed by atoms with E-state index in [1.165, 1.54) is 0 Å². The first-order valence-electron chi connectivity index (χ1n) is 6.65. The summed E-state index contributed by atoms with van der Waals surface area (Å²) >= 11 is 0. The Morgan fingerprint density at radius 3 is 2.39 bits per heavy atom. The van der Waals surface area contributed by atoms with Crippen LogP contribution in [0.25, 0.3) is 0 Å². The van der Waals surface area contributed by atoms with Gasteiger partial charge in [0.1, 0.15) is 5.82 Å². The molecule has 0 spiro atoms. The Kier molecular flexibility index (Phi) is 3.57. The van der Waals surface area contributed by atoms with Crippen molar-refractivity contribution in [3.8, 4) is 0 Å². The van der Waals surface area contributed by atoms with E-state index in [2.05, 4.69) is 29.4 Å². The van der Waals surface area contributed by atoms with Crippen molar-refractivity contribution in [3.05, 3.63) is 17.8 Å². The number of aliphatic hydroxyl groups is 1. The maximum Gasteiger partial charge on any atom is 0.148 e. The molecule has 0 aromatic carbocycles. The van der Waals surface area contributed by atoms with Gasteiger partial charge in [0.05, 0.1) is 11.3 Å². The van der Waals surface area contributed by atoms with Gasteiger partial charge in [-0.3, -0.25) is 0 Å². The molecule has 0 unspecified atom stereocenters. The maximum atomic E-state index is 10.5. The number of rotatable bonds is 3. The molecule has 1 aliphatic rings. The van der Waals surface area contributed by atoms with E-state index in [-0.39, 0.29) is 0 Å². The van der Waals surface area contributed by atoms with Crippen molar-refractivity contribution in [1.82, 2.24) is 10.2 Å². The number of nitrogens with zero attached hydrogens (tertiary/aromatic N) is 2. The van der Waals surface area contributed by atoms with Crippen LogP contribution in [0.3, 0.4) is 0 Å². The first-order valence-corrected chi connectivity index (χ1v) is 6.65. The summed E-state index contributed by atoms with van der Waals surface area (Å²) in [5, 5.41) is 21.7. The minimum absolute atomic E-state index is 0.371. The van der Waals surface area contributed by atoms with Crippen molar-refractivity contribution >= 4 is 5.82 Å². The third-order valence-corrected chi connectivity index (χ3v) is 3.93. The van der Waals surface area contributed by atoms with Crippen molar-refractivity contribution in [2.75, 3.05) is 11.9 Å². The number of hydrogen-bond acceptors (Lipinski definition) is 4. The van der Waals surface area contributed by atoms with Crippen LogP contribution < -0.4 is 5.32 Å². The molecule has 1 aromatic rings. The lowest BCUT2D eigenvalue weighted by Gasteiger charge is -2.40. The lowest BCUT2D eigenvalue weighted by atomic mass is 9.71. The highest BCUT2D eigenvalue weighted by Gasteiger charge is 2.36. The summed E-state index contributed by atoms with van der Waals surface area (Å²) in [7, 11) is 0. The summed E-state index contributed by atoms with van der Waals surface area (Å²) in [6.45, 7) is 7.01. The molecule has 1 fully saturated rings. The maximum absolute atomic E-state index is 10.5. The molecule has 1 aromatic heterocycles. The monoisotopic (exact) mass is 249 g/mol. The van der Waals surface area contributed by atoms with Crippen LogP contribution in [0.4, 0.5) is 5.82 Å². The summed E-state index contributed by atoms with van der Waals surface area (Å²) in [5.41, 5.74) is 0.677. The van der Waals surface area contributed by atoms with Crippen LogP contribution >= 0.6 is 0 Å². The molecule has 0 atom stereocenters. The van der Waals surface area contributed by atoms with Gasteiger partial charge in [0.2, 0.25) is 0 Å². The number of anilines is 1. The predicted molar refractivity (Wildman–Crippen MR) is 72.5 cm³/mol. The van der Waals surface area contributed by atoms with Crippen LogP contribution in [-0.2, 0) is 0 Å². The first kappa shape index (κ1) is 13.3. The van der Waals surface area contributed by atoms with E-state index in [1.54, 1.807) is 0 Å². The van der Waals surface area contributed by atoms with Gasteiger partial charge in [-0.25, -0.2) is 0 Å². The fourth-order valence-corrected chi connectivity index (χ4v) is 2.32. The second-order valence-corrected chi connectivity index (χ2v) is 6.30. The van der Waals surface area contributed by atoms with Gasteiger partial charge in [-0.1, -0.05) is 13.8 Å². The molecule has 0 radical (unpaired) electrons. The fraction of sp³-hybridized carbons (Fsp3) is 0.714. The molecule has 0 aliphatic heterocycles. The fourth-order valence-electron chi connectivity index (χ4n) is 2.32. The average Bonchev–Trinajstić information content (AvgIpc) is 2.33. The van der Waals surface area contributed by atoms with E-state index in [0.717, 1.165) is 37.2 Å². The van der Waals surface area contributed by atoms with Gasteiger partial charge in [0.25, 0.3) is 0 Å². The van der Waals surface area contributed by atoms with Gasteiger partial charge in [-0.15, -0.1) is 5.10 Å². The Morgan fingerprint density at radius 2 is 1.83 bits per heavy atom. The molecule has 18 heavy (non-hydrogen) atoms. The highest BCUT2D eigenvalue weighted by atomic mass is 16.3. The van der Waals surface area contributed by atoms with Gasteiger partial charge in [0, 0.05) is 6.54 Å². The lowest BCUT2D eigenvalue weighted by molar-refractivity contribution is -0.0146. The van der Waals surface area contributed by atoms with Crippen LogP contribution in [0.1, 0.15) is 45.2 Å². The second-order valence-electron chi connectivity index (χ2n) is 6.30. The van der Waals surface area contributed by atoms with Crippen LogP contribution in [0.2, 0.25) is 0 Å². The van der Waals surface area contributed by atoms with Crippen molar-refractivity contribution in [2.24, 2.45) is 5.41 Å². The van der Waals surface area contributed by atoms with Gasteiger partial charge in [-0.05, 0) is 50.2 Å². The SMILES string of the molecule is Cc1ccc(NCC2(O)CCC(C)(C)CC2)nn1. The molecule has 1 aliphatic carbocycles. The first-order chi connectivity index (χ1) is 8.39. The quantitative estimate of drug-likeness (QED) is 0.864. The zero-order valence-electron chi connectivity index (χ0n) is 11.5. The predicted octanol–water partition coefficient (Wildman–Crippen LogP) is 2.53. The van der Waals surface area contributed by atoms with Gasteiger partial charge in [0.15, 0.2) is 0 Å². The standard InChI is InChI=1S/C14H23N3O/c1-11-4-5-12(17-16-11)15-10-14(18)8-6-13(2,3)7-9-14/h4-5,18H,6-10H2,1-3H3,(H,15,17). The molecule has 0 bridgehead atoms. The summed E-state index contributed by atoms with van der Waals surface area (Å²) in [6.07, 6.45) is 3.86. The highest BCUT2D eigenvalue weighted by Crippen LogP contribution is 2.40. The van der Waals surface area contributed by atoms with E-state index >= 15 is 0 Å². The molecule has 0 amide bonds. The molecule has 100 valence electrons. The Balaban J connectivity index is 1.88. The highest BCUT2D eigenvalue weighted by molar-refractivity contribution is 5.33. The minimum Gasteiger partial charge on any atom is -0.388 e. The normalized spacial score (nSPS) is 21.6. The number of aromatic nitrogens is 2. The van der Waals surface area contributed by atoms with Gasteiger partial charge < -0.3 is 10.4 Å². The van der Waals surface area contributed by atoms with Crippen LogP contribution in [-0.4, -0.2) is 27.4 Å². The van der Waals surface area contributed by atoms with Crippen LogP contribution in [0.15, 0.2) is 12.1 Å². The number of hydrogen-bond donors (Lipinski definition) is 2. The lowest BCUT2D eigenvalue weighted by Crippen LogP contribution is -2.42. The summed E-state index contributed by atoms with van der Waals surface area (Å²) < 4.78 is 0. The molecule has 4 nitrogen and oxygen atoms in total. The largest absolute Gasteiger partial charge is 0.388 e. The Bertz CT molecular complexity index is 390. The van der Waals surface area contributed by atoms with Crippen LogP contribution in [0.5, 0.6) is 0 Å². The average molecular weight is 249 g/mol. The number of nitrogens with one attached hydrogen (secondary N) is 1. The van der Waals surface area contributed by atoms with Crippen molar-refractivity contribution in [3.63, 3.8) is 0 Å². The van der Waals surface area contributed by atoms with Gasteiger partial charge in [-0.2, -0.15) is 5.10 Å². The summed E-state index contributed by atoms with van der Waals surface area (Å²) in [6, 6.07) is 3.82. The minimum atomic E-state index is -0.595. The smallest absolute Gasteiger partial charge is 0.148 e. The van der Waals surface area contributed by atoms with Crippen molar-refractivity contribution in [2.45, 2.75) is 52.1 Å². The molecular formula is C14H23N3O. The molecular weight excluding hydrogens is 226 g/mol. The summed E-state index contributed by atoms with van der Waals surface area (Å²) in [4.78, 5) is 0. The summed E-state index contributed by atoms with van der Waals surface area (Å²) in [5.74, 6) is 0.735. The van der Waals surface area contributed by atoms with E-state index in [0.29, 0.717) is 12.0 Å². The molecule has 1 saturated carbocycles. The molecule has 2 N–H and O–H groups in total. The van der Waals surface area contributed by atoms with E-state index < -0.39 is 5.60 Å². The zero-order chi connectivity index (χ0) is 13.2. The molecule has 4 heteroatoms. The van der Waals surface area contributed by atoms with Crippen LogP contribution in [0, 0.1) is 12.3 Å². The van der Waals surface area contributed by atoms with E-state index in [9.17, 15) is 5.11 Å². The Hall–Kier alpha value is -1.16. The Morgan fingerprint density at radius 1 is 1.17 bits per heavy atom. The zero-order valence-corrected chi connectivity index (χ0v) is 11.5. The molecule has 1 heterocycles. The molecule has 0 saturated heterocycles. The topological polar surface area (TPSA) is 58.0 Å². The number of aryl methyl sites for hydroxylation is 1. The van der Waals surface area contributed by atoms with Gasteiger partial charge >= 0.3 is 0 Å². The second kappa shape index (κ2) is 4.84. The third kappa shape index (κ3) is 3.42. The molecule has 2 rings (SSSR count). The Labute approximate surface area is 109 Å².